The predicted molar refractivity (Wildman–Crippen MR) is 116 cm³/mol. The molecule has 28 heavy (non-hydrogen) atoms. The first kappa shape index (κ1) is 20.7. The van der Waals surface area contributed by atoms with Crippen LogP contribution in [-0.4, -0.2) is 35.7 Å². The molecular formula is C18H16ClN3O3S3. The molecule has 0 aliphatic rings. The van der Waals surface area contributed by atoms with Crippen molar-refractivity contribution in [1.82, 2.24) is 9.78 Å². The molecule has 10 heteroatoms. The SMILES string of the molecule is COc1ccc(OC)c(NC(=O)CSc2nn(-c3ccc(Cl)cc3)c(=S)s2)c1. The number of benzene rings is 2. The van der Waals surface area contributed by atoms with Gasteiger partial charge in [0.05, 0.1) is 31.3 Å². The number of halogens is 1. The van der Waals surface area contributed by atoms with Crippen LogP contribution in [0, 0.1) is 3.95 Å². The van der Waals surface area contributed by atoms with E-state index >= 15 is 0 Å². The quantitative estimate of drug-likeness (QED) is 0.398. The first-order valence-electron chi connectivity index (χ1n) is 8.01. The number of ether oxygens (including phenoxy) is 2. The van der Waals surface area contributed by atoms with E-state index in [9.17, 15) is 4.79 Å². The van der Waals surface area contributed by atoms with Crippen molar-refractivity contribution in [3.63, 3.8) is 0 Å². The Hall–Kier alpha value is -2.07. The van der Waals surface area contributed by atoms with E-state index in [1.165, 1.54) is 23.1 Å². The maximum absolute atomic E-state index is 12.4. The van der Waals surface area contributed by atoms with Gasteiger partial charge in [0.2, 0.25) is 5.91 Å². The second kappa shape index (κ2) is 9.42. The number of carbonyl (C=O) groups excluding carboxylic acids is 1. The van der Waals surface area contributed by atoms with Crippen molar-refractivity contribution in [2.75, 3.05) is 25.3 Å². The molecular weight excluding hydrogens is 438 g/mol. The molecule has 0 bridgehead atoms. The van der Waals surface area contributed by atoms with Gasteiger partial charge in [-0.3, -0.25) is 4.79 Å². The van der Waals surface area contributed by atoms with Crippen molar-refractivity contribution >= 4 is 58.5 Å². The van der Waals surface area contributed by atoms with Crippen LogP contribution in [0.25, 0.3) is 5.69 Å². The molecule has 3 aromatic rings. The maximum Gasteiger partial charge on any atom is 0.234 e. The van der Waals surface area contributed by atoms with Crippen molar-refractivity contribution in [3.05, 3.63) is 51.4 Å². The number of methoxy groups -OCH3 is 2. The highest BCUT2D eigenvalue weighted by atomic mass is 35.5. The second-order valence-electron chi connectivity index (χ2n) is 5.43. The van der Waals surface area contributed by atoms with Crippen LogP contribution in [0.2, 0.25) is 5.02 Å². The summed E-state index contributed by atoms with van der Waals surface area (Å²) in [5.74, 6) is 1.18. The Bertz CT molecular complexity index is 1030. The van der Waals surface area contributed by atoms with E-state index < -0.39 is 0 Å². The first-order chi connectivity index (χ1) is 13.5. The van der Waals surface area contributed by atoms with Gasteiger partial charge in [0.25, 0.3) is 0 Å². The van der Waals surface area contributed by atoms with Crippen LogP contribution in [-0.2, 0) is 4.79 Å². The summed E-state index contributed by atoms with van der Waals surface area (Å²) >= 11 is 14.0. The van der Waals surface area contributed by atoms with Gasteiger partial charge in [-0.1, -0.05) is 34.7 Å². The molecule has 0 aliphatic heterocycles. The molecule has 0 fully saturated rings. The van der Waals surface area contributed by atoms with Crippen molar-refractivity contribution in [1.29, 1.82) is 0 Å². The van der Waals surface area contributed by atoms with Gasteiger partial charge >= 0.3 is 0 Å². The summed E-state index contributed by atoms with van der Waals surface area (Å²) < 4.78 is 13.4. The average molecular weight is 454 g/mol. The number of rotatable bonds is 7. The summed E-state index contributed by atoms with van der Waals surface area (Å²) in [6.07, 6.45) is 0. The highest BCUT2D eigenvalue weighted by Crippen LogP contribution is 2.30. The fraction of sp³-hybridized carbons (Fsp3) is 0.167. The number of hydrogen-bond donors (Lipinski definition) is 1. The van der Waals surface area contributed by atoms with Gasteiger partial charge in [-0.2, -0.15) is 0 Å². The highest BCUT2D eigenvalue weighted by Gasteiger charge is 2.12. The molecule has 0 saturated carbocycles. The Morgan fingerprint density at radius 2 is 2.00 bits per heavy atom. The molecule has 146 valence electrons. The molecule has 6 nitrogen and oxygen atoms in total. The Labute approximate surface area is 180 Å². The Balaban J connectivity index is 1.66. The van der Waals surface area contributed by atoms with Crippen LogP contribution >= 0.6 is 46.9 Å². The standard InChI is InChI=1S/C18H16ClN3O3S3/c1-24-13-7-8-15(25-2)14(9-13)20-16(23)10-27-17-21-22(18(26)28-17)12-5-3-11(19)4-6-12/h3-9H,10H2,1-2H3,(H,20,23). The zero-order valence-electron chi connectivity index (χ0n) is 15.0. The molecule has 0 aliphatic carbocycles. The van der Waals surface area contributed by atoms with Crippen LogP contribution in [0.15, 0.2) is 46.8 Å². The van der Waals surface area contributed by atoms with Crippen LogP contribution in [0.1, 0.15) is 0 Å². The van der Waals surface area contributed by atoms with Crippen molar-refractivity contribution in [2.24, 2.45) is 0 Å². The number of nitrogens with one attached hydrogen (secondary N) is 1. The number of anilines is 1. The first-order valence-corrected chi connectivity index (χ1v) is 10.6. The van der Waals surface area contributed by atoms with Gasteiger partial charge in [-0.15, -0.1) is 5.10 Å². The maximum atomic E-state index is 12.4. The number of hydrogen-bond acceptors (Lipinski definition) is 7. The minimum Gasteiger partial charge on any atom is -0.497 e. The van der Waals surface area contributed by atoms with Crippen LogP contribution in [0.5, 0.6) is 11.5 Å². The average Bonchev–Trinajstić information content (AvgIpc) is 3.07. The fourth-order valence-corrected chi connectivity index (χ4v) is 4.58. The summed E-state index contributed by atoms with van der Waals surface area (Å²) in [5, 5.41) is 7.95. The van der Waals surface area contributed by atoms with Crippen molar-refractivity contribution in [2.45, 2.75) is 4.34 Å². The van der Waals surface area contributed by atoms with Gasteiger partial charge < -0.3 is 14.8 Å². The minimum absolute atomic E-state index is 0.184. The third-order valence-corrected chi connectivity index (χ3v) is 6.23. The molecule has 0 atom stereocenters. The van der Waals surface area contributed by atoms with Gasteiger partial charge in [0.1, 0.15) is 11.5 Å². The number of thioether (sulfide) groups is 1. The van der Waals surface area contributed by atoms with E-state index in [4.69, 9.17) is 33.3 Å². The third-order valence-electron chi connectivity index (χ3n) is 3.61. The van der Waals surface area contributed by atoms with Gasteiger partial charge in [-0.25, -0.2) is 4.68 Å². The van der Waals surface area contributed by atoms with Gasteiger partial charge in [0, 0.05) is 11.1 Å². The molecule has 0 spiro atoms. The number of aromatic nitrogens is 2. The molecule has 2 aromatic carbocycles. The van der Waals surface area contributed by atoms with E-state index in [1.54, 1.807) is 49.2 Å². The van der Waals surface area contributed by atoms with Crippen molar-refractivity contribution in [3.8, 4) is 17.2 Å². The molecule has 1 heterocycles. The number of amides is 1. The third kappa shape index (κ3) is 5.05. The van der Waals surface area contributed by atoms with Crippen LogP contribution < -0.4 is 14.8 Å². The lowest BCUT2D eigenvalue weighted by Crippen LogP contribution is -2.14. The predicted octanol–water partition coefficient (Wildman–Crippen LogP) is 5.06. The number of carbonyl (C=O) groups is 1. The summed E-state index contributed by atoms with van der Waals surface area (Å²) in [5.41, 5.74) is 1.37. The van der Waals surface area contributed by atoms with E-state index in [0.717, 1.165) is 5.69 Å². The lowest BCUT2D eigenvalue weighted by atomic mass is 10.2. The highest BCUT2D eigenvalue weighted by molar-refractivity contribution is 8.01. The molecule has 1 aromatic heterocycles. The van der Waals surface area contributed by atoms with Crippen LogP contribution in [0.3, 0.4) is 0 Å². The van der Waals surface area contributed by atoms with Crippen molar-refractivity contribution < 1.29 is 14.3 Å². The largest absolute Gasteiger partial charge is 0.497 e. The van der Waals surface area contributed by atoms with Gasteiger partial charge in [0.15, 0.2) is 8.29 Å². The Morgan fingerprint density at radius 1 is 1.25 bits per heavy atom. The van der Waals surface area contributed by atoms with E-state index in [-0.39, 0.29) is 11.7 Å². The zero-order chi connectivity index (χ0) is 20.1. The Kier molecular flexibility index (Phi) is 6.95. The fourth-order valence-electron chi connectivity index (χ4n) is 2.29. The summed E-state index contributed by atoms with van der Waals surface area (Å²) in [7, 11) is 3.11. The molecule has 0 unspecified atom stereocenters. The second-order valence-corrected chi connectivity index (χ2v) is 8.71. The molecule has 1 amide bonds. The smallest absolute Gasteiger partial charge is 0.234 e. The summed E-state index contributed by atoms with van der Waals surface area (Å²) in [6.45, 7) is 0. The van der Waals surface area contributed by atoms with Crippen LogP contribution in [0.4, 0.5) is 5.69 Å². The number of nitrogens with zero attached hydrogens (tertiary/aromatic N) is 2. The van der Waals surface area contributed by atoms with E-state index in [0.29, 0.717) is 30.5 Å². The summed E-state index contributed by atoms with van der Waals surface area (Å²) in [4.78, 5) is 12.4. The zero-order valence-corrected chi connectivity index (χ0v) is 18.2. The topological polar surface area (TPSA) is 65.4 Å². The van der Waals surface area contributed by atoms with E-state index in [2.05, 4.69) is 10.4 Å². The minimum atomic E-state index is -0.185. The molecule has 0 saturated heterocycles. The lowest BCUT2D eigenvalue weighted by molar-refractivity contribution is -0.113. The molecule has 0 radical (unpaired) electrons. The van der Waals surface area contributed by atoms with Gasteiger partial charge in [-0.05, 0) is 48.6 Å². The monoisotopic (exact) mass is 453 g/mol. The van der Waals surface area contributed by atoms with E-state index in [1.807, 2.05) is 12.1 Å². The lowest BCUT2D eigenvalue weighted by Gasteiger charge is -2.11. The Morgan fingerprint density at radius 3 is 2.68 bits per heavy atom. The summed E-state index contributed by atoms with van der Waals surface area (Å²) in [6, 6.07) is 12.4. The molecule has 1 N–H and O–H groups in total. The molecule has 3 rings (SSSR count). The normalized spacial score (nSPS) is 10.5.